The Balaban J connectivity index is 1.92. The molecule has 0 saturated carbocycles. The maximum Gasteiger partial charge on any atom is 0.333 e. The zero-order valence-corrected chi connectivity index (χ0v) is 15.9. The molecule has 1 aliphatic rings. The fourth-order valence-electron chi connectivity index (χ4n) is 2.82. The van der Waals surface area contributed by atoms with E-state index in [1.807, 2.05) is 0 Å². The van der Waals surface area contributed by atoms with Gasteiger partial charge in [0.15, 0.2) is 0 Å². The van der Waals surface area contributed by atoms with Gasteiger partial charge >= 0.3 is 5.97 Å². The molecule has 10 heteroatoms. The van der Waals surface area contributed by atoms with Crippen molar-refractivity contribution < 1.29 is 26.7 Å². The second kappa shape index (κ2) is 7.23. The molecule has 0 amide bonds. The van der Waals surface area contributed by atoms with Gasteiger partial charge < -0.3 is 5.11 Å². The maximum atomic E-state index is 12.3. The van der Waals surface area contributed by atoms with E-state index in [1.54, 1.807) is 18.2 Å². The van der Waals surface area contributed by atoms with E-state index in [1.165, 1.54) is 48.6 Å². The Labute approximate surface area is 162 Å². The molecule has 1 unspecified atom stereocenters. The quantitative estimate of drug-likeness (QED) is 0.647. The van der Waals surface area contributed by atoms with Crippen LogP contribution in [0.3, 0.4) is 0 Å². The summed E-state index contributed by atoms with van der Waals surface area (Å²) in [7, 11) is -7.88. The summed E-state index contributed by atoms with van der Waals surface area (Å²) >= 11 is 0. The van der Waals surface area contributed by atoms with Gasteiger partial charge in [-0.15, -0.1) is 0 Å². The number of carboxylic acids is 1. The molecule has 2 aromatic carbocycles. The molecular formula is C18H16N2O6S2. The Hall–Kier alpha value is -2.95. The maximum absolute atomic E-state index is 12.3. The fourth-order valence-corrected chi connectivity index (χ4v) is 4.75. The van der Waals surface area contributed by atoms with Gasteiger partial charge in [0.2, 0.25) is 10.0 Å². The highest BCUT2D eigenvalue weighted by molar-refractivity contribution is 7.92. The van der Waals surface area contributed by atoms with Gasteiger partial charge in [-0.25, -0.2) is 26.8 Å². The van der Waals surface area contributed by atoms with Crippen molar-refractivity contribution in [1.82, 2.24) is 0 Å². The lowest BCUT2D eigenvalue weighted by Crippen LogP contribution is -2.30. The molecule has 2 aromatic rings. The lowest BCUT2D eigenvalue weighted by molar-refractivity contribution is -0.132. The zero-order chi connectivity index (χ0) is 20.5. The van der Waals surface area contributed by atoms with Crippen LogP contribution < -0.4 is 9.86 Å². The normalized spacial score (nSPS) is 17.0. The van der Waals surface area contributed by atoms with E-state index >= 15 is 0 Å². The first kappa shape index (κ1) is 19.8. The van der Waals surface area contributed by atoms with Crippen molar-refractivity contribution in [2.75, 3.05) is 4.72 Å². The fraction of sp³-hybridized carbons (Fsp3) is 0.0556. The predicted octanol–water partition coefficient (Wildman–Crippen LogP) is 1.55. The summed E-state index contributed by atoms with van der Waals surface area (Å²) in [5.74, 6) is -1.40. The summed E-state index contributed by atoms with van der Waals surface area (Å²) in [6.45, 7) is 0. The molecule has 0 spiro atoms. The van der Waals surface area contributed by atoms with Crippen molar-refractivity contribution in [3.63, 3.8) is 0 Å². The summed E-state index contributed by atoms with van der Waals surface area (Å²) in [4.78, 5) is 11.6. The van der Waals surface area contributed by atoms with Crippen molar-refractivity contribution in [2.45, 2.75) is 10.1 Å². The van der Waals surface area contributed by atoms with Crippen LogP contribution in [-0.2, 0) is 24.8 Å². The van der Waals surface area contributed by atoms with Gasteiger partial charge in [0, 0.05) is 5.69 Å². The number of nitrogens with one attached hydrogen (secondary N) is 1. The molecule has 0 aliphatic heterocycles. The van der Waals surface area contributed by atoms with Crippen LogP contribution in [0.5, 0.6) is 0 Å². The molecule has 0 heterocycles. The first-order valence-corrected chi connectivity index (χ1v) is 11.0. The number of carbonyl (C=O) groups is 1. The first-order chi connectivity index (χ1) is 13.1. The van der Waals surface area contributed by atoms with Gasteiger partial charge in [-0.05, 0) is 35.4 Å². The largest absolute Gasteiger partial charge is 0.478 e. The van der Waals surface area contributed by atoms with Crippen molar-refractivity contribution in [1.29, 1.82) is 0 Å². The van der Waals surface area contributed by atoms with E-state index in [0.29, 0.717) is 5.56 Å². The first-order valence-electron chi connectivity index (χ1n) is 7.95. The number of allylic oxidation sites excluding steroid dienone is 2. The van der Waals surface area contributed by atoms with E-state index < -0.39 is 31.3 Å². The number of sulfonamides is 2. The van der Waals surface area contributed by atoms with Crippen LogP contribution in [0.2, 0.25) is 0 Å². The van der Waals surface area contributed by atoms with E-state index in [9.17, 15) is 26.7 Å². The second-order valence-electron chi connectivity index (χ2n) is 6.00. The van der Waals surface area contributed by atoms with Crippen LogP contribution in [0.4, 0.5) is 5.69 Å². The number of carboxylic acid groups (broad SMARTS) is 1. The van der Waals surface area contributed by atoms with Gasteiger partial charge in [0.25, 0.3) is 10.0 Å². The molecule has 8 nitrogen and oxygen atoms in total. The molecule has 0 fully saturated rings. The third-order valence-corrected chi connectivity index (χ3v) is 6.60. The van der Waals surface area contributed by atoms with Crippen LogP contribution >= 0.6 is 0 Å². The molecule has 4 N–H and O–H groups in total. The summed E-state index contributed by atoms with van der Waals surface area (Å²) < 4.78 is 50.4. The number of benzene rings is 2. The Kier molecular flexibility index (Phi) is 5.11. The number of hydrogen-bond acceptors (Lipinski definition) is 5. The smallest absolute Gasteiger partial charge is 0.333 e. The van der Waals surface area contributed by atoms with Gasteiger partial charge in [-0.2, -0.15) is 0 Å². The number of nitrogens with two attached hydrogens (primary N) is 1. The molecule has 3 rings (SSSR count). The van der Waals surface area contributed by atoms with Crippen LogP contribution in [0.15, 0.2) is 77.2 Å². The minimum atomic E-state index is -4.12. The highest BCUT2D eigenvalue weighted by Gasteiger charge is 2.34. The molecule has 0 radical (unpaired) electrons. The Morgan fingerprint density at radius 1 is 0.964 bits per heavy atom. The second-order valence-corrected chi connectivity index (χ2v) is 9.37. The lowest BCUT2D eigenvalue weighted by atomic mass is 10.0. The highest BCUT2D eigenvalue weighted by atomic mass is 32.2. The topological polar surface area (TPSA) is 144 Å². The van der Waals surface area contributed by atoms with Gasteiger partial charge in [-0.3, -0.25) is 4.72 Å². The Morgan fingerprint density at radius 3 is 2.11 bits per heavy atom. The minimum Gasteiger partial charge on any atom is -0.478 e. The van der Waals surface area contributed by atoms with Gasteiger partial charge in [0.1, 0.15) is 5.25 Å². The van der Waals surface area contributed by atoms with Crippen molar-refractivity contribution in [3.05, 3.63) is 77.9 Å². The molecule has 1 aliphatic carbocycles. The number of rotatable bonds is 6. The molecule has 28 heavy (non-hydrogen) atoms. The summed E-state index contributed by atoms with van der Waals surface area (Å²) in [5.41, 5.74) is 0.543. The number of aliphatic carboxylic acids is 1. The molecule has 146 valence electrons. The van der Waals surface area contributed by atoms with Crippen LogP contribution in [0.1, 0.15) is 5.56 Å². The summed E-state index contributed by atoms with van der Waals surface area (Å²) in [6, 6.07) is 13.7. The lowest BCUT2D eigenvalue weighted by Gasteiger charge is -2.11. The number of anilines is 1. The standard InChI is InChI=1S/C18H16N2O6S2/c19-27(23,24)16-11-10-15(17(16)18(21)22)12-6-8-13(9-7-12)20-28(25,26)14-4-2-1-3-5-14/h1-11,16,20H,(H,21,22)(H2,19,23,24). The van der Waals surface area contributed by atoms with Crippen molar-refractivity contribution in [3.8, 4) is 0 Å². The molecule has 0 aromatic heterocycles. The average molecular weight is 420 g/mol. The summed E-state index contributed by atoms with van der Waals surface area (Å²) in [6.07, 6.45) is 2.59. The van der Waals surface area contributed by atoms with Crippen molar-refractivity contribution >= 4 is 37.3 Å². The molecular weight excluding hydrogens is 404 g/mol. The molecule has 0 bridgehead atoms. The van der Waals surface area contributed by atoms with E-state index in [-0.39, 0.29) is 21.7 Å². The zero-order valence-electron chi connectivity index (χ0n) is 14.3. The van der Waals surface area contributed by atoms with E-state index in [2.05, 4.69) is 4.72 Å². The predicted molar refractivity (Wildman–Crippen MR) is 104 cm³/mol. The third kappa shape index (κ3) is 3.98. The SMILES string of the molecule is NS(=O)(=O)C1C=CC(c2ccc(NS(=O)(=O)c3ccccc3)cc2)=C1C(=O)O. The average Bonchev–Trinajstić information content (AvgIpc) is 3.09. The number of primary sulfonamides is 1. The molecule has 1 atom stereocenters. The Morgan fingerprint density at radius 2 is 1.57 bits per heavy atom. The third-order valence-electron chi connectivity index (χ3n) is 4.10. The van der Waals surface area contributed by atoms with Crippen LogP contribution in [-0.4, -0.2) is 33.2 Å². The van der Waals surface area contributed by atoms with E-state index in [4.69, 9.17) is 5.14 Å². The van der Waals surface area contributed by atoms with E-state index in [0.717, 1.165) is 0 Å². The monoisotopic (exact) mass is 420 g/mol. The summed E-state index contributed by atoms with van der Waals surface area (Å²) in [5, 5.41) is 13.1. The van der Waals surface area contributed by atoms with Crippen LogP contribution in [0, 0.1) is 0 Å². The van der Waals surface area contributed by atoms with Gasteiger partial charge in [0.05, 0.1) is 10.5 Å². The van der Waals surface area contributed by atoms with Crippen LogP contribution in [0.25, 0.3) is 5.57 Å². The highest BCUT2D eigenvalue weighted by Crippen LogP contribution is 2.32. The van der Waals surface area contributed by atoms with Gasteiger partial charge in [-0.1, -0.05) is 42.5 Å². The minimum absolute atomic E-state index is 0.102. The van der Waals surface area contributed by atoms with Crippen molar-refractivity contribution in [2.24, 2.45) is 5.14 Å². The molecule has 0 saturated heterocycles. The number of hydrogen-bond donors (Lipinski definition) is 3. The Bertz CT molecular complexity index is 1180.